The molecule has 2 aromatic rings. The molecule has 8 heteroatoms. The van der Waals surface area contributed by atoms with Gasteiger partial charge in [0.15, 0.2) is 11.5 Å². The maximum Gasteiger partial charge on any atom is 0.244 e. The molecule has 0 saturated heterocycles. The van der Waals surface area contributed by atoms with Crippen molar-refractivity contribution < 1.29 is 27.4 Å². The van der Waals surface area contributed by atoms with Crippen molar-refractivity contribution in [2.45, 2.75) is 11.4 Å². The Labute approximate surface area is 140 Å². The second-order valence-corrected chi connectivity index (χ2v) is 6.76. The first-order valence-corrected chi connectivity index (χ1v) is 8.62. The number of sulfonamides is 1. The minimum absolute atomic E-state index is 0.0186. The van der Waals surface area contributed by atoms with Crippen LogP contribution in [0.1, 0.15) is 5.56 Å². The second kappa shape index (κ2) is 6.58. The van der Waals surface area contributed by atoms with Gasteiger partial charge in [-0.2, -0.15) is 0 Å². The lowest BCUT2D eigenvalue weighted by molar-refractivity contribution is 0.174. The fraction of sp³-hybridized carbons (Fsp3) is 0.250. The molecule has 1 heterocycles. The highest BCUT2D eigenvalue weighted by atomic mass is 32.2. The number of ether oxygens (including phenoxy) is 4. The molecule has 24 heavy (non-hydrogen) atoms. The fourth-order valence-electron chi connectivity index (χ4n) is 2.30. The van der Waals surface area contributed by atoms with Crippen molar-refractivity contribution in [1.82, 2.24) is 4.72 Å². The van der Waals surface area contributed by atoms with Crippen LogP contribution in [0.25, 0.3) is 0 Å². The van der Waals surface area contributed by atoms with Crippen molar-refractivity contribution in [2.24, 2.45) is 0 Å². The highest BCUT2D eigenvalue weighted by Gasteiger charge is 2.21. The van der Waals surface area contributed by atoms with Gasteiger partial charge >= 0.3 is 0 Å². The van der Waals surface area contributed by atoms with Crippen molar-refractivity contribution in [3.63, 3.8) is 0 Å². The Balaban J connectivity index is 1.81. The minimum atomic E-state index is -3.77. The van der Waals surface area contributed by atoms with Crippen molar-refractivity contribution >= 4 is 10.0 Å². The lowest BCUT2D eigenvalue weighted by Crippen LogP contribution is -2.23. The molecule has 0 atom stereocenters. The zero-order chi connectivity index (χ0) is 17.2. The largest absolute Gasteiger partial charge is 0.497 e. The summed E-state index contributed by atoms with van der Waals surface area (Å²) >= 11 is 0. The molecule has 0 radical (unpaired) electrons. The van der Waals surface area contributed by atoms with Gasteiger partial charge in [0.2, 0.25) is 16.8 Å². The molecule has 7 nitrogen and oxygen atoms in total. The second-order valence-electron chi connectivity index (χ2n) is 5.03. The quantitative estimate of drug-likeness (QED) is 0.856. The molecule has 1 aliphatic heterocycles. The standard InChI is InChI=1S/C16H17NO6S/c1-20-12-4-6-14(21-2)16(8-12)24(18,19)17-9-11-3-5-13-15(7-11)23-10-22-13/h3-8,17H,9-10H2,1-2H3. The molecule has 0 spiro atoms. The monoisotopic (exact) mass is 351 g/mol. The first kappa shape index (κ1) is 16.4. The smallest absolute Gasteiger partial charge is 0.244 e. The van der Waals surface area contributed by atoms with E-state index in [2.05, 4.69) is 4.72 Å². The van der Waals surface area contributed by atoms with Gasteiger partial charge in [0.25, 0.3) is 0 Å². The number of benzene rings is 2. The molecular weight excluding hydrogens is 334 g/mol. The van der Waals surface area contributed by atoms with Crippen molar-refractivity contribution in [3.05, 3.63) is 42.0 Å². The Hall–Kier alpha value is -2.45. The average Bonchev–Trinajstić information content (AvgIpc) is 3.07. The van der Waals surface area contributed by atoms with E-state index in [0.29, 0.717) is 17.2 Å². The van der Waals surface area contributed by atoms with Crippen LogP contribution in [-0.4, -0.2) is 29.4 Å². The van der Waals surface area contributed by atoms with Crippen LogP contribution in [0.15, 0.2) is 41.3 Å². The maximum atomic E-state index is 12.6. The predicted octanol–water partition coefficient (Wildman–Crippen LogP) is 1.91. The Bertz CT molecular complexity index is 850. The zero-order valence-corrected chi connectivity index (χ0v) is 14.1. The van der Waals surface area contributed by atoms with E-state index in [1.807, 2.05) is 0 Å². The first-order valence-electron chi connectivity index (χ1n) is 7.14. The number of rotatable bonds is 6. The summed E-state index contributed by atoms with van der Waals surface area (Å²) in [6, 6.07) is 9.87. The van der Waals surface area contributed by atoms with E-state index < -0.39 is 10.0 Å². The predicted molar refractivity (Wildman–Crippen MR) is 86.1 cm³/mol. The van der Waals surface area contributed by atoms with Crippen LogP contribution in [0.3, 0.4) is 0 Å². The van der Waals surface area contributed by atoms with Gasteiger partial charge in [0.1, 0.15) is 16.4 Å². The third-order valence-corrected chi connectivity index (χ3v) is 4.99. The van der Waals surface area contributed by atoms with Gasteiger partial charge in [0.05, 0.1) is 14.2 Å². The van der Waals surface area contributed by atoms with E-state index in [1.54, 1.807) is 30.3 Å². The SMILES string of the molecule is COc1ccc(OC)c(S(=O)(=O)NCc2ccc3c(c2)OCO3)c1. The van der Waals surface area contributed by atoms with Gasteiger partial charge in [-0.15, -0.1) is 0 Å². The van der Waals surface area contributed by atoms with E-state index in [4.69, 9.17) is 18.9 Å². The highest BCUT2D eigenvalue weighted by molar-refractivity contribution is 7.89. The number of fused-ring (bicyclic) bond motifs is 1. The molecule has 1 aliphatic rings. The third kappa shape index (κ3) is 3.24. The molecule has 0 amide bonds. The van der Waals surface area contributed by atoms with Gasteiger partial charge in [-0.1, -0.05) is 6.07 Å². The Morgan fingerprint density at radius 1 is 1.04 bits per heavy atom. The van der Waals surface area contributed by atoms with Crippen molar-refractivity contribution in [2.75, 3.05) is 21.0 Å². The molecule has 0 unspecified atom stereocenters. The number of hydrogen-bond acceptors (Lipinski definition) is 6. The van der Waals surface area contributed by atoms with Gasteiger partial charge in [-0.05, 0) is 29.8 Å². The number of hydrogen-bond donors (Lipinski definition) is 1. The van der Waals surface area contributed by atoms with Crippen molar-refractivity contribution in [1.29, 1.82) is 0 Å². The van der Waals surface area contributed by atoms with Gasteiger partial charge in [-0.25, -0.2) is 13.1 Å². The topological polar surface area (TPSA) is 83.1 Å². The van der Waals surface area contributed by atoms with Gasteiger partial charge in [0, 0.05) is 12.6 Å². The summed E-state index contributed by atoms with van der Waals surface area (Å²) in [6.45, 7) is 0.283. The van der Waals surface area contributed by atoms with Crippen LogP contribution >= 0.6 is 0 Å². The van der Waals surface area contributed by atoms with Crippen LogP contribution in [-0.2, 0) is 16.6 Å². The summed E-state index contributed by atoms with van der Waals surface area (Å²) in [6.07, 6.45) is 0. The number of methoxy groups -OCH3 is 2. The van der Waals surface area contributed by atoms with Gasteiger partial charge in [-0.3, -0.25) is 0 Å². The normalized spacial score (nSPS) is 12.9. The van der Waals surface area contributed by atoms with E-state index in [9.17, 15) is 8.42 Å². The molecule has 0 bridgehead atoms. The van der Waals surface area contributed by atoms with Gasteiger partial charge < -0.3 is 18.9 Å². The highest BCUT2D eigenvalue weighted by Crippen LogP contribution is 2.33. The molecule has 128 valence electrons. The van der Waals surface area contributed by atoms with Crippen LogP contribution < -0.4 is 23.7 Å². The van der Waals surface area contributed by atoms with Crippen LogP contribution in [0.4, 0.5) is 0 Å². The van der Waals surface area contributed by atoms with Crippen LogP contribution in [0.5, 0.6) is 23.0 Å². The Kier molecular flexibility index (Phi) is 4.50. The molecule has 1 N–H and O–H groups in total. The number of nitrogens with one attached hydrogen (secondary N) is 1. The zero-order valence-electron chi connectivity index (χ0n) is 13.2. The summed E-state index contributed by atoms with van der Waals surface area (Å²) in [5, 5.41) is 0. The lowest BCUT2D eigenvalue weighted by atomic mass is 10.2. The minimum Gasteiger partial charge on any atom is -0.497 e. The molecule has 2 aromatic carbocycles. The van der Waals surface area contributed by atoms with E-state index >= 15 is 0 Å². The fourth-order valence-corrected chi connectivity index (χ4v) is 3.50. The molecule has 0 aliphatic carbocycles. The molecule has 3 rings (SSSR count). The molecule has 0 saturated carbocycles. The lowest BCUT2D eigenvalue weighted by Gasteiger charge is -2.12. The van der Waals surface area contributed by atoms with E-state index in [1.165, 1.54) is 20.3 Å². The summed E-state index contributed by atoms with van der Waals surface area (Å²) in [7, 11) is -0.889. The third-order valence-electron chi connectivity index (χ3n) is 3.56. The van der Waals surface area contributed by atoms with Crippen LogP contribution in [0.2, 0.25) is 0 Å². The maximum absolute atomic E-state index is 12.6. The summed E-state index contributed by atoms with van der Waals surface area (Å²) in [4.78, 5) is 0.0186. The molecule has 0 fully saturated rings. The van der Waals surface area contributed by atoms with E-state index in [-0.39, 0.29) is 24.0 Å². The average molecular weight is 351 g/mol. The summed E-state index contributed by atoms with van der Waals surface area (Å²) in [5.74, 6) is 1.93. The summed E-state index contributed by atoms with van der Waals surface area (Å²) < 4.78 is 48.5. The van der Waals surface area contributed by atoms with E-state index in [0.717, 1.165) is 5.56 Å². The van der Waals surface area contributed by atoms with Crippen molar-refractivity contribution in [3.8, 4) is 23.0 Å². The molecular formula is C16H17NO6S. The molecule has 0 aromatic heterocycles. The Morgan fingerprint density at radius 2 is 1.83 bits per heavy atom. The Morgan fingerprint density at radius 3 is 2.58 bits per heavy atom. The summed E-state index contributed by atoms with van der Waals surface area (Å²) in [5.41, 5.74) is 0.754. The van der Waals surface area contributed by atoms with Crippen LogP contribution in [0, 0.1) is 0 Å². The first-order chi connectivity index (χ1) is 11.5.